The van der Waals surface area contributed by atoms with Crippen LogP contribution >= 0.6 is 0 Å². The Balaban J connectivity index is 0.00000144. The quantitative estimate of drug-likeness (QED) is 0.410. The molecule has 0 atom stereocenters. The van der Waals surface area contributed by atoms with Crippen LogP contribution in [-0.4, -0.2) is 42.1 Å². The van der Waals surface area contributed by atoms with E-state index in [0.717, 1.165) is 0 Å². The second kappa shape index (κ2) is 6.10. The van der Waals surface area contributed by atoms with Crippen molar-refractivity contribution in [2.24, 2.45) is 5.73 Å². The van der Waals surface area contributed by atoms with E-state index < -0.39 is 5.97 Å². The molecular formula is C8H9FNNaO2. The number of nitrogens with two attached hydrogens (primary N) is 1. The maximum atomic E-state index is 12.3. The van der Waals surface area contributed by atoms with Gasteiger partial charge in [0, 0.05) is 0 Å². The Kier molecular flexibility index (Phi) is 5.90. The molecule has 0 fully saturated rings. The first-order valence-electron chi connectivity index (χ1n) is 3.38. The molecule has 0 bridgehead atoms. The van der Waals surface area contributed by atoms with Crippen LogP contribution in [0.3, 0.4) is 0 Å². The third-order valence-corrected chi connectivity index (χ3v) is 1.21. The van der Waals surface area contributed by atoms with E-state index in [1.165, 1.54) is 24.3 Å². The van der Waals surface area contributed by atoms with Gasteiger partial charge in [0.15, 0.2) is 0 Å². The van der Waals surface area contributed by atoms with Crippen LogP contribution in [0, 0.1) is 5.82 Å². The Hall–Kier alpha value is -0.420. The first-order valence-corrected chi connectivity index (χ1v) is 3.38. The molecule has 1 aromatic carbocycles. The number of hydrogen-bond acceptors (Lipinski definition) is 3. The first kappa shape index (κ1) is 12.6. The Bertz CT molecular complexity index is 276. The first-order chi connectivity index (χ1) is 5.72. The molecule has 3 nitrogen and oxygen atoms in total. The summed E-state index contributed by atoms with van der Waals surface area (Å²) >= 11 is 0. The number of esters is 1. The zero-order valence-electron chi connectivity index (χ0n) is 6.29. The van der Waals surface area contributed by atoms with Crippen molar-refractivity contribution in [3.8, 4) is 5.75 Å². The summed E-state index contributed by atoms with van der Waals surface area (Å²) in [5, 5.41) is 0. The number of hydrogen-bond donors (Lipinski definition) is 1. The molecule has 0 aliphatic carbocycles. The third kappa shape index (κ3) is 4.38. The summed E-state index contributed by atoms with van der Waals surface area (Å²) in [4.78, 5) is 10.6. The topological polar surface area (TPSA) is 52.3 Å². The summed E-state index contributed by atoms with van der Waals surface area (Å²) in [6, 6.07) is 5.14. The van der Waals surface area contributed by atoms with Crippen LogP contribution in [-0.2, 0) is 4.79 Å². The summed E-state index contributed by atoms with van der Waals surface area (Å²) in [5.74, 6) is -0.615. The monoisotopic (exact) mass is 193 g/mol. The van der Waals surface area contributed by atoms with Gasteiger partial charge in [0.25, 0.3) is 0 Å². The van der Waals surface area contributed by atoms with Gasteiger partial charge in [-0.05, 0) is 24.3 Å². The number of carbonyl (C=O) groups excluding carboxylic acids is 1. The van der Waals surface area contributed by atoms with Crippen molar-refractivity contribution in [3.05, 3.63) is 30.1 Å². The fraction of sp³-hybridized carbons (Fsp3) is 0.125. The van der Waals surface area contributed by atoms with E-state index in [9.17, 15) is 9.18 Å². The minimum atomic E-state index is -0.540. The van der Waals surface area contributed by atoms with E-state index in [1.54, 1.807) is 0 Å². The van der Waals surface area contributed by atoms with E-state index in [1.807, 2.05) is 0 Å². The Labute approximate surface area is 97.4 Å². The summed E-state index contributed by atoms with van der Waals surface area (Å²) < 4.78 is 17.0. The minimum absolute atomic E-state index is 0. The van der Waals surface area contributed by atoms with Gasteiger partial charge in [-0.1, -0.05) is 0 Å². The van der Waals surface area contributed by atoms with Gasteiger partial charge in [0.1, 0.15) is 11.6 Å². The fourth-order valence-corrected chi connectivity index (χ4v) is 0.676. The van der Waals surface area contributed by atoms with Crippen LogP contribution in [0.4, 0.5) is 4.39 Å². The summed E-state index contributed by atoms with van der Waals surface area (Å²) in [5.41, 5.74) is 5.00. The number of rotatable bonds is 2. The predicted molar refractivity (Wildman–Crippen MR) is 48.2 cm³/mol. The third-order valence-electron chi connectivity index (χ3n) is 1.21. The van der Waals surface area contributed by atoms with Gasteiger partial charge in [0.05, 0.1) is 6.54 Å². The standard InChI is InChI=1S/C8H8FNO2.Na.H/c9-6-1-3-7(4-2-6)12-8(11)5-10;;/h1-4H,5,10H2;;. The molecule has 13 heavy (non-hydrogen) atoms. The van der Waals surface area contributed by atoms with E-state index in [4.69, 9.17) is 5.73 Å². The van der Waals surface area contributed by atoms with Gasteiger partial charge in [-0.15, -0.1) is 0 Å². The van der Waals surface area contributed by atoms with Crippen molar-refractivity contribution in [2.45, 2.75) is 0 Å². The molecule has 0 heterocycles. The number of halogens is 1. The molecule has 2 N–H and O–H groups in total. The van der Waals surface area contributed by atoms with Crippen molar-refractivity contribution >= 4 is 35.5 Å². The van der Waals surface area contributed by atoms with Gasteiger partial charge in [-0.25, -0.2) is 4.39 Å². The molecule has 0 amide bonds. The zero-order chi connectivity index (χ0) is 8.97. The van der Waals surface area contributed by atoms with E-state index >= 15 is 0 Å². The molecular weight excluding hydrogens is 184 g/mol. The van der Waals surface area contributed by atoms with Gasteiger partial charge in [0.2, 0.25) is 0 Å². The van der Waals surface area contributed by atoms with Crippen molar-refractivity contribution in [1.82, 2.24) is 0 Å². The molecule has 0 saturated carbocycles. The molecule has 66 valence electrons. The van der Waals surface area contributed by atoms with Gasteiger partial charge in [-0.3, -0.25) is 4.79 Å². The van der Waals surface area contributed by atoms with Crippen molar-refractivity contribution < 1.29 is 13.9 Å². The van der Waals surface area contributed by atoms with E-state index in [2.05, 4.69) is 4.74 Å². The molecule has 0 saturated heterocycles. The second-order valence-corrected chi connectivity index (χ2v) is 2.13. The number of ether oxygens (including phenoxy) is 1. The van der Waals surface area contributed by atoms with Gasteiger partial charge < -0.3 is 10.5 Å². The molecule has 0 aromatic heterocycles. The molecule has 0 aliphatic heterocycles. The van der Waals surface area contributed by atoms with Crippen LogP contribution in [0.25, 0.3) is 0 Å². The SMILES string of the molecule is NCC(=O)Oc1ccc(F)cc1.[NaH]. The van der Waals surface area contributed by atoms with Gasteiger partial charge >= 0.3 is 35.5 Å². The average molecular weight is 193 g/mol. The van der Waals surface area contributed by atoms with Crippen molar-refractivity contribution in [2.75, 3.05) is 6.54 Å². The molecule has 0 aliphatic rings. The van der Waals surface area contributed by atoms with Crippen molar-refractivity contribution in [1.29, 1.82) is 0 Å². The number of benzene rings is 1. The van der Waals surface area contributed by atoms with E-state index in [0.29, 0.717) is 5.75 Å². The predicted octanol–water partition coefficient (Wildman–Crippen LogP) is 0.0413. The normalized spacial score (nSPS) is 8.77. The van der Waals surface area contributed by atoms with Gasteiger partial charge in [-0.2, -0.15) is 0 Å². The van der Waals surface area contributed by atoms with Crippen LogP contribution in [0.15, 0.2) is 24.3 Å². The Morgan fingerprint density at radius 3 is 2.38 bits per heavy atom. The Morgan fingerprint density at radius 2 is 1.92 bits per heavy atom. The van der Waals surface area contributed by atoms with Crippen LogP contribution in [0.2, 0.25) is 0 Å². The Morgan fingerprint density at radius 1 is 1.38 bits per heavy atom. The molecule has 0 unspecified atom stereocenters. The van der Waals surface area contributed by atoms with Crippen LogP contribution < -0.4 is 10.5 Å². The fourth-order valence-electron chi connectivity index (χ4n) is 0.676. The van der Waals surface area contributed by atoms with E-state index in [-0.39, 0.29) is 41.9 Å². The van der Waals surface area contributed by atoms with Crippen LogP contribution in [0.1, 0.15) is 0 Å². The number of carbonyl (C=O) groups is 1. The summed E-state index contributed by atoms with van der Waals surface area (Å²) in [6.45, 7) is -0.183. The average Bonchev–Trinajstić information content (AvgIpc) is 2.09. The molecule has 5 heteroatoms. The summed E-state index contributed by atoms with van der Waals surface area (Å²) in [7, 11) is 0. The maximum absolute atomic E-state index is 12.3. The zero-order valence-corrected chi connectivity index (χ0v) is 6.29. The molecule has 1 rings (SSSR count). The van der Waals surface area contributed by atoms with Crippen molar-refractivity contribution in [3.63, 3.8) is 0 Å². The molecule has 1 aromatic rings. The second-order valence-electron chi connectivity index (χ2n) is 2.13. The molecule has 0 radical (unpaired) electrons. The summed E-state index contributed by atoms with van der Waals surface area (Å²) in [6.07, 6.45) is 0. The van der Waals surface area contributed by atoms with Crippen LogP contribution in [0.5, 0.6) is 5.75 Å². The molecule has 0 spiro atoms.